The molecule has 1 aromatic heterocycles. The van der Waals surface area contributed by atoms with Crippen molar-refractivity contribution in [2.24, 2.45) is 0 Å². The SMILES string of the molecule is O=C(O)N1CCCc2c(Cl)ncnc2C1. The number of hydrogen-bond acceptors (Lipinski definition) is 3. The lowest BCUT2D eigenvalue weighted by Gasteiger charge is -2.15. The van der Waals surface area contributed by atoms with E-state index in [0.717, 1.165) is 24.1 Å². The molecule has 0 fully saturated rings. The summed E-state index contributed by atoms with van der Waals surface area (Å²) in [5.41, 5.74) is 1.60. The third-order valence-corrected chi connectivity index (χ3v) is 2.77. The average molecular weight is 228 g/mol. The molecule has 0 bridgehead atoms. The van der Waals surface area contributed by atoms with Crippen molar-refractivity contribution in [3.8, 4) is 0 Å². The summed E-state index contributed by atoms with van der Waals surface area (Å²) in [4.78, 5) is 20.2. The molecule has 0 saturated carbocycles. The molecule has 0 aromatic carbocycles. The van der Waals surface area contributed by atoms with Crippen LogP contribution in [0.25, 0.3) is 0 Å². The Morgan fingerprint density at radius 1 is 1.53 bits per heavy atom. The number of nitrogens with zero attached hydrogens (tertiary/aromatic N) is 3. The summed E-state index contributed by atoms with van der Waals surface area (Å²) >= 11 is 5.92. The van der Waals surface area contributed by atoms with E-state index in [1.165, 1.54) is 11.2 Å². The summed E-state index contributed by atoms with van der Waals surface area (Å²) in [6.07, 6.45) is 1.94. The number of carboxylic acid groups (broad SMARTS) is 1. The van der Waals surface area contributed by atoms with Crippen LogP contribution in [0.1, 0.15) is 17.7 Å². The van der Waals surface area contributed by atoms with Crippen LogP contribution in [0.15, 0.2) is 6.33 Å². The monoisotopic (exact) mass is 227 g/mol. The lowest BCUT2D eigenvalue weighted by Crippen LogP contribution is -2.29. The molecule has 2 rings (SSSR count). The van der Waals surface area contributed by atoms with E-state index in [0.29, 0.717) is 18.2 Å². The van der Waals surface area contributed by atoms with E-state index in [-0.39, 0.29) is 0 Å². The van der Waals surface area contributed by atoms with Crippen molar-refractivity contribution in [3.05, 3.63) is 22.7 Å². The third kappa shape index (κ3) is 2.02. The molecule has 0 radical (unpaired) electrons. The van der Waals surface area contributed by atoms with Crippen LogP contribution in [0.2, 0.25) is 5.15 Å². The molecule has 1 aliphatic heterocycles. The van der Waals surface area contributed by atoms with E-state index in [4.69, 9.17) is 16.7 Å². The quantitative estimate of drug-likeness (QED) is 0.683. The third-order valence-electron chi connectivity index (χ3n) is 2.45. The summed E-state index contributed by atoms with van der Waals surface area (Å²) < 4.78 is 0. The van der Waals surface area contributed by atoms with Gasteiger partial charge in [0.25, 0.3) is 0 Å². The zero-order valence-corrected chi connectivity index (χ0v) is 8.74. The average Bonchev–Trinajstić information content (AvgIpc) is 2.40. The van der Waals surface area contributed by atoms with Gasteiger partial charge in [0.15, 0.2) is 0 Å². The Morgan fingerprint density at radius 3 is 3.07 bits per heavy atom. The largest absolute Gasteiger partial charge is 0.465 e. The Morgan fingerprint density at radius 2 is 2.33 bits per heavy atom. The smallest absolute Gasteiger partial charge is 0.407 e. The Kier molecular flexibility index (Phi) is 2.73. The van der Waals surface area contributed by atoms with E-state index in [1.807, 2.05) is 0 Å². The predicted octanol–water partition coefficient (Wildman–Crippen LogP) is 1.56. The van der Waals surface area contributed by atoms with E-state index in [9.17, 15) is 4.79 Å². The first-order chi connectivity index (χ1) is 7.18. The maximum atomic E-state index is 10.9. The second-order valence-electron chi connectivity index (χ2n) is 3.40. The normalized spacial score (nSPS) is 15.7. The van der Waals surface area contributed by atoms with Crippen LogP contribution in [0.3, 0.4) is 0 Å². The van der Waals surface area contributed by atoms with Crippen molar-refractivity contribution in [2.45, 2.75) is 19.4 Å². The van der Waals surface area contributed by atoms with Crippen LogP contribution >= 0.6 is 11.6 Å². The molecule has 80 valence electrons. The summed E-state index contributed by atoms with van der Waals surface area (Å²) in [5, 5.41) is 9.34. The molecule has 1 amide bonds. The van der Waals surface area contributed by atoms with Crippen LogP contribution < -0.4 is 0 Å². The van der Waals surface area contributed by atoms with Crippen LogP contribution in [-0.2, 0) is 13.0 Å². The van der Waals surface area contributed by atoms with E-state index in [1.54, 1.807) is 0 Å². The fraction of sp³-hybridized carbons (Fsp3) is 0.444. The van der Waals surface area contributed by atoms with Gasteiger partial charge in [-0.25, -0.2) is 14.8 Å². The molecule has 2 heterocycles. The standard InChI is InChI=1S/C9H10ClN3O2/c10-8-6-2-1-3-13(9(14)15)4-7(6)11-5-12-8/h5H,1-4H2,(H,14,15). The summed E-state index contributed by atoms with van der Waals surface area (Å²) in [5.74, 6) is 0. The Labute approximate surface area is 91.7 Å². The highest BCUT2D eigenvalue weighted by Gasteiger charge is 2.20. The van der Waals surface area contributed by atoms with Crippen LogP contribution in [0.4, 0.5) is 4.79 Å². The van der Waals surface area contributed by atoms with E-state index < -0.39 is 6.09 Å². The van der Waals surface area contributed by atoms with Gasteiger partial charge in [-0.1, -0.05) is 11.6 Å². The molecular weight excluding hydrogens is 218 g/mol. The lowest BCUT2D eigenvalue weighted by molar-refractivity contribution is 0.142. The first kappa shape index (κ1) is 10.2. The first-order valence-corrected chi connectivity index (χ1v) is 5.02. The van der Waals surface area contributed by atoms with Crippen molar-refractivity contribution >= 4 is 17.7 Å². The number of hydrogen-bond donors (Lipinski definition) is 1. The minimum atomic E-state index is -0.919. The molecule has 0 unspecified atom stereocenters. The summed E-state index contributed by atoms with van der Waals surface area (Å²) in [7, 11) is 0. The van der Waals surface area contributed by atoms with Gasteiger partial charge in [-0.2, -0.15) is 0 Å². The molecule has 1 N–H and O–H groups in total. The number of aromatic nitrogens is 2. The van der Waals surface area contributed by atoms with Gasteiger partial charge >= 0.3 is 6.09 Å². The molecule has 0 spiro atoms. The van der Waals surface area contributed by atoms with Crippen molar-refractivity contribution in [1.82, 2.24) is 14.9 Å². The van der Waals surface area contributed by atoms with Crippen LogP contribution in [0, 0.1) is 0 Å². The second-order valence-corrected chi connectivity index (χ2v) is 3.76. The van der Waals surface area contributed by atoms with Gasteiger partial charge in [-0.15, -0.1) is 0 Å². The van der Waals surface area contributed by atoms with Gasteiger partial charge in [0, 0.05) is 12.1 Å². The number of amides is 1. The van der Waals surface area contributed by atoms with Gasteiger partial charge in [0.1, 0.15) is 11.5 Å². The molecule has 0 aliphatic carbocycles. The number of fused-ring (bicyclic) bond motifs is 1. The number of halogens is 1. The van der Waals surface area contributed by atoms with Gasteiger partial charge in [0.2, 0.25) is 0 Å². The fourth-order valence-electron chi connectivity index (χ4n) is 1.68. The van der Waals surface area contributed by atoms with E-state index >= 15 is 0 Å². The molecule has 1 aliphatic rings. The van der Waals surface area contributed by atoms with Crippen molar-refractivity contribution < 1.29 is 9.90 Å². The number of carbonyl (C=O) groups is 1. The Hall–Kier alpha value is -1.36. The minimum absolute atomic E-state index is 0.299. The maximum absolute atomic E-state index is 10.9. The van der Waals surface area contributed by atoms with Gasteiger partial charge in [-0.05, 0) is 12.8 Å². The topological polar surface area (TPSA) is 66.3 Å². The molecule has 15 heavy (non-hydrogen) atoms. The predicted molar refractivity (Wildman–Crippen MR) is 53.8 cm³/mol. The van der Waals surface area contributed by atoms with Gasteiger partial charge < -0.3 is 10.0 Å². The molecular formula is C9H10ClN3O2. The zero-order valence-electron chi connectivity index (χ0n) is 7.98. The lowest BCUT2D eigenvalue weighted by atomic mass is 10.1. The molecule has 6 heteroatoms. The van der Waals surface area contributed by atoms with Gasteiger partial charge in [-0.3, -0.25) is 0 Å². The van der Waals surface area contributed by atoms with E-state index in [2.05, 4.69) is 9.97 Å². The fourth-order valence-corrected chi connectivity index (χ4v) is 1.92. The first-order valence-electron chi connectivity index (χ1n) is 4.64. The van der Waals surface area contributed by atoms with Gasteiger partial charge in [0.05, 0.1) is 12.2 Å². The summed E-state index contributed by atoms with van der Waals surface area (Å²) in [6.45, 7) is 0.814. The Balaban J connectivity index is 2.34. The zero-order chi connectivity index (χ0) is 10.8. The van der Waals surface area contributed by atoms with Crippen molar-refractivity contribution in [2.75, 3.05) is 6.54 Å². The molecule has 1 aromatic rings. The highest BCUT2D eigenvalue weighted by molar-refractivity contribution is 6.30. The molecule has 0 atom stereocenters. The van der Waals surface area contributed by atoms with Crippen LogP contribution in [-0.4, -0.2) is 32.6 Å². The highest BCUT2D eigenvalue weighted by Crippen LogP contribution is 2.21. The molecule has 5 nitrogen and oxygen atoms in total. The molecule has 0 saturated heterocycles. The van der Waals surface area contributed by atoms with Crippen molar-refractivity contribution in [1.29, 1.82) is 0 Å². The minimum Gasteiger partial charge on any atom is -0.465 e. The van der Waals surface area contributed by atoms with Crippen molar-refractivity contribution in [3.63, 3.8) is 0 Å². The number of rotatable bonds is 0. The second kappa shape index (κ2) is 4.02. The highest BCUT2D eigenvalue weighted by atomic mass is 35.5. The van der Waals surface area contributed by atoms with Crippen LogP contribution in [0.5, 0.6) is 0 Å². The maximum Gasteiger partial charge on any atom is 0.407 e. The summed E-state index contributed by atoms with van der Waals surface area (Å²) in [6, 6.07) is 0. The Bertz CT molecular complexity index is 397.